The van der Waals surface area contributed by atoms with Crippen molar-refractivity contribution in [3.8, 4) is 11.3 Å². The van der Waals surface area contributed by atoms with Crippen molar-refractivity contribution in [1.82, 2.24) is 14.6 Å². The van der Waals surface area contributed by atoms with Crippen LogP contribution in [0, 0.1) is 0 Å². The number of nitrogens with two attached hydrogens (primary N) is 1. The predicted molar refractivity (Wildman–Crippen MR) is 86.4 cm³/mol. The molecule has 5 nitrogen and oxygen atoms in total. The molecule has 0 amide bonds. The molecule has 1 aromatic carbocycles. The summed E-state index contributed by atoms with van der Waals surface area (Å²) in [4.78, 5) is 4.55. The standard InChI is InChI=1S/C14H13BClN5/c15-10-8-19-21-13(18-6-5-17)7-12(20-14(10)21)9-3-1-2-4-11(9)16/h1-4,7-8,18H,5-6,17H2. The van der Waals surface area contributed by atoms with Crippen LogP contribution in [-0.2, 0) is 0 Å². The smallest absolute Gasteiger partial charge is 0.150 e. The largest absolute Gasteiger partial charge is 0.369 e. The molecule has 0 atom stereocenters. The monoisotopic (exact) mass is 297 g/mol. The van der Waals surface area contributed by atoms with Gasteiger partial charge >= 0.3 is 0 Å². The first kappa shape index (κ1) is 13.9. The van der Waals surface area contributed by atoms with Crippen molar-refractivity contribution in [3.63, 3.8) is 0 Å². The van der Waals surface area contributed by atoms with Crippen molar-refractivity contribution < 1.29 is 0 Å². The number of nitrogens with one attached hydrogen (secondary N) is 1. The minimum Gasteiger partial charge on any atom is -0.369 e. The SMILES string of the molecule is [B]c1cnn2c(NCCN)cc(-c3ccccc3Cl)nc12. The van der Waals surface area contributed by atoms with Crippen LogP contribution in [0.4, 0.5) is 5.82 Å². The number of fused-ring (bicyclic) bond motifs is 1. The molecule has 0 bridgehead atoms. The molecule has 104 valence electrons. The van der Waals surface area contributed by atoms with Crippen molar-refractivity contribution in [3.05, 3.63) is 41.6 Å². The number of hydrogen-bond acceptors (Lipinski definition) is 4. The maximum Gasteiger partial charge on any atom is 0.150 e. The summed E-state index contributed by atoms with van der Waals surface area (Å²) in [7, 11) is 5.93. The Balaban J connectivity index is 2.19. The average Bonchev–Trinajstić information content (AvgIpc) is 2.87. The van der Waals surface area contributed by atoms with Gasteiger partial charge in [-0.05, 0) is 11.5 Å². The Kier molecular flexibility index (Phi) is 3.81. The van der Waals surface area contributed by atoms with Crippen LogP contribution >= 0.6 is 11.6 Å². The van der Waals surface area contributed by atoms with Gasteiger partial charge in [0.2, 0.25) is 0 Å². The van der Waals surface area contributed by atoms with Crippen molar-refractivity contribution in [1.29, 1.82) is 0 Å². The summed E-state index contributed by atoms with van der Waals surface area (Å²) in [6.45, 7) is 1.14. The number of rotatable bonds is 4. The Hall–Kier alpha value is -2.05. The molecule has 3 aromatic rings. The lowest BCUT2D eigenvalue weighted by molar-refractivity contribution is 0.917. The number of benzene rings is 1. The van der Waals surface area contributed by atoms with E-state index < -0.39 is 0 Å². The molecular formula is C14H13BClN5. The molecule has 0 aliphatic heterocycles. The Bertz CT molecular complexity index is 786. The molecule has 3 rings (SSSR count). The highest BCUT2D eigenvalue weighted by atomic mass is 35.5. The number of nitrogens with zero attached hydrogens (tertiary/aromatic N) is 3. The third-order valence-electron chi connectivity index (χ3n) is 3.10. The third kappa shape index (κ3) is 2.60. The number of hydrogen-bond donors (Lipinski definition) is 2. The topological polar surface area (TPSA) is 68.2 Å². The van der Waals surface area contributed by atoms with Crippen LogP contribution < -0.4 is 16.5 Å². The Morgan fingerprint density at radius 2 is 2.14 bits per heavy atom. The first-order valence-electron chi connectivity index (χ1n) is 6.54. The molecule has 21 heavy (non-hydrogen) atoms. The zero-order chi connectivity index (χ0) is 14.8. The van der Waals surface area contributed by atoms with Gasteiger partial charge in [-0.15, -0.1) is 0 Å². The lowest BCUT2D eigenvalue weighted by atomic mass is 10.0. The molecule has 0 fully saturated rings. The van der Waals surface area contributed by atoms with Gasteiger partial charge in [-0.2, -0.15) is 9.61 Å². The van der Waals surface area contributed by atoms with Gasteiger partial charge < -0.3 is 11.1 Å². The minimum absolute atomic E-state index is 0.514. The fraction of sp³-hybridized carbons (Fsp3) is 0.143. The van der Waals surface area contributed by atoms with Gasteiger partial charge in [0.1, 0.15) is 13.7 Å². The third-order valence-corrected chi connectivity index (χ3v) is 3.43. The molecule has 0 spiro atoms. The van der Waals surface area contributed by atoms with Crippen LogP contribution in [0.2, 0.25) is 5.02 Å². The summed E-state index contributed by atoms with van der Waals surface area (Å²) in [5.41, 5.74) is 8.23. The van der Waals surface area contributed by atoms with Crippen molar-refractivity contribution in [2.24, 2.45) is 5.73 Å². The van der Waals surface area contributed by atoms with Crippen molar-refractivity contribution >= 4 is 36.4 Å². The highest BCUT2D eigenvalue weighted by Gasteiger charge is 2.11. The van der Waals surface area contributed by atoms with Gasteiger partial charge in [0.25, 0.3) is 0 Å². The van der Waals surface area contributed by atoms with Crippen LogP contribution in [0.1, 0.15) is 0 Å². The van der Waals surface area contributed by atoms with E-state index in [0.717, 1.165) is 17.1 Å². The second-order valence-electron chi connectivity index (χ2n) is 4.56. The van der Waals surface area contributed by atoms with E-state index in [1.807, 2.05) is 30.3 Å². The summed E-state index contributed by atoms with van der Waals surface area (Å²) >= 11 is 6.25. The Morgan fingerprint density at radius 3 is 2.90 bits per heavy atom. The second kappa shape index (κ2) is 5.75. The molecule has 3 N–H and O–H groups in total. The number of halogens is 1. The van der Waals surface area contributed by atoms with Gasteiger partial charge in [0.15, 0.2) is 5.65 Å². The van der Waals surface area contributed by atoms with E-state index >= 15 is 0 Å². The first-order valence-corrected chi connectivity index (χ1v) is 6.91. The molecule has 0 saturated carbocycles. The Morgan fingerprint density at radius 1 is 1.33 bits per heavy atom. The summed E-state index contributed by atoms with van der Waals surface area (Å²) in [5, 5.41) is 8.07. The zero-order valence-electron chi connectivity index (χ0n) is 11.3. The molecule has 2 radical (unpaired) electrons. The summed E-state index contributed by atoms with van der Waals surface area (Å²) in [6.07, 6.45) is 1.58. The number of aromatic nitrogens is 3. The summed E-state index contributed by atoms with van der Waals surface area (Å²) in [6, 6.07) is 9.43. The average molecular weight is 298 g/mol. The van der Waals surface area contributed by atoms with Gasteiger partial charge in [0, 0.05) is 35.9 Å². The van der Waals surface area contributed by atoms with E-state index in [4.69, 9.17) is 25.2 Å². The molecule has 7 heteroatoms. The van der Waals surface area contributed by atoms with Gasteiger partial charge in [-0.25, -0.2) is 4.98 Å². The van der Waals surface area contributed by atoms with Gasteiger partial charge in [-0.3, -0.25) is 0 Å². The first-order chi connectivity index (χ1) is 10.2. The van der Waals surface area contributed by atoms with E-state index in [-0.39, 0.29) is 0 Å². The molecule has 0 aliphatic rings. The van der Waals surface area contributed by atoms with Crippen molar-refractivity contribution in [2.75, 3.05) is 18.4 Å². The summed E-state index contributed by atoms with van der Waals surface area (Å²) < 4.78 is 1.66. The number of anilines is 1. The fourth-order valence-electron chi connectivity index (χ4n) is 2.11. The summed E-state index contributed by atoms with van der Waals surface area (Å²) in [5.74, 6) is 0.775. The Labute approximate surface area is 128 Å². The quantitative estimate of drug-likeness (QED) is 0.710. The molecule has 2 heterocycles. The maximum atomic E-state index is 6.25. The van der Waals surface area contributed by atoms with E-state index in [9.17, 15) is 0 Å². The van der Waals surface area contributed by atoms with E-state index in [1.165, 1.54) is 0 Å². The fourth-order valence-corrected chi connectivity index (χ4v) is 2.35. The van der Waals surface area contributed by atoms with Crippen LogP contribution in [0.5, 0.6) is 0 Å². The van der Waals surface area contributed by atoms with Gasteiger partial charge in [0.05, 0.1) is 5.69 Å². The normalized spacial score (nSPS) is 11.0. The lowest BCUT2D eigenvalue weighted by Gasteiger charge is -2.11. The molecule has 2 aromatic heterocycles. The highest BCUT2D eigenvalue weighted by Crippen LogP contribution is 2.28. The van der Waals surface area contributed by atoms with E-state index in [2.05, 4.69) is 15.4 Å². The predicted octanol–water partition coefficient (Wildman–Crippen LogP) is 1.21. The zero-order valence-corrected chi connectivity index (χ0v) is 12.0. The second-order valence-corrected chi connectivity index (χ2v) is 4.96. The lowest BCUT2D eigenvalue weighted by Crippen LogP contribution is -2.16. The molecule has 0 aliphatic carbocycles. The molecular weight excluding hydrogens is 284 g/mol. The van der Waals surface area contributed by atoms with Gasteiger partial charge in [-0.1, -0.05) is 29.8 Å². The van der Waals surface area contributed by atoms with Crippen LogP contribution in [-0.4, -0.2) is 35.5 Å². The highest BCUT2D eigenvalue weighted by molar-refractivity contribution is 6.36. The molecule has 0 saturated heterocycles. The van der Waals surface area contributed by atoms with Crippen molar-refractivity contribution in [2.45, 2.75) is 0 Å². The van der Waals surface area contributed by atoms with Crippen LogP contribution in [0.3, 0.4) is 0 Å². The van der Waals surface area contributed by atoms with Crippen LogP contribution in [0.15, 0.2) is 36.5 Å². The maximum absolute atomic E-state index is 6.25. The molecule has 0 unspecified atom stereocenters. The minimum atomic E-state index is 0.514. The van der Waals surface area contributed by atoms with Crippen LogP contribution in [0.25, 0.3) is 16.9 Å². The van der Waals surface area contributed by atoms with E-state index in [0.29, 0.717) is 29.2 Å². The van der Waals surface area contributed by atoms with E-state index in [1.54, 1.807) is 10.7 Å².